The van der Waals surface area contributed by atoms with Crippen molar-refractivity contribution in [2.75, 3.05) is 26.3 Å². The summed E-state index contributed by atoms with van der Waals surface area (Å²) in [6, 6.07) is 35.7. The molecular weight excluding hydrogens is 508 g/mol. The highest BCUT2D eigenvalue weighted by molar-refractivity contribution is 5.87. The Morgan fingerprint density at radius 2 is 1.54 bits per heavy atom. The van der Waals surface area contributed by atoms with Gasteiger partial charge in [-0.3, -0.25) is 4.79 Å². The van der Waals surface area contributed by atoms with Gasteiger partial charge in [-0.2, -0.15) is 0 Å². The predicted molar refractivity (Wildman–Crippen MR) is 163 cm³/mol. The molecule has 1 amide bonds. The van der Waals surface area contributed by atoms with Gasteiger partial charge < -0.3 is 18.9 Å². The Balaban J connectivity index is 1.32. The van der Waals surface area contributed by atoms with Gasteiger partial charge in [-0.1, -0.05) is 90.5 Å². The molecule has 1 aliphatic heterocycles. The lowest BCUT2D eigenvalue weighted by Crippen LogP contribution is -2.41. The molecule has 2 heterocycles. The van der Waals surface area contributed by atoms with Crippen molar-refractivity contribution in [2.24, 2.45) is 0 Å². The fraction of sp³-hybridized carbons (Fsp3) is 0.250. The van der Waals surface area contributed by atoms with Crippen LogP contribution >= 0.6 is 0 Å². The maximum atomic E-state index is 13.6. The molecule has 208 valence electrons. The van der Waals surface area contributed by atoms with E-state index in [1.165, 1.54) is 27.6 Å². The average molecular weight is 545 g/mol. The molecule has 0 aliphatic carbocycles. The zero-order chi connectivity index (χ0) is 28.0. The highest BCUT2D eigenvalue weighted by Crippen LogP contribution is 2.36. The first-order valence-electron chi connectivity index (χ1n) is 14.4. The number of rotatable bonds is 9. The van der Waals surface area contributed by atoms with Gasteiger partial charge in [0.25, 0.3) is 0 Å². The third kappa shape index (κ3) is 6.36. The molecule has 0 radical (unpaired) electrons. The Labute approximate surface area is 241 Å². The van der Waals surface area contributed by atoms with E-state index in [4.69, 9.17) is 9.47 Å². The molecule has 1 aromatic heterocycles. The summed E-state index contributed by atoms with van der Waals surface area (Å²) in [7, 11) is 0. The van der Waals surface area contributed by atoms with Crippen molar-refractivity contribution in [3.05, 3.63) is 137 Å². The van der Waals surface area contributed by atoms with Crippen LogP contribution in [0.2, 0.25) is 0 Å². The largest absolute Gasteiger partial charge is 0.489 e. The van der Waals surface area contributed by atoms with Crippen LogP contribution in [0.1, 0.15) is 40.2 Å². The molecule has 1 aliphatic rings. The number of amides is 1. The summed E-state index contributed by atoms with van der Waals surface area (Å²) in [5.74, 6) is 0.897. The highest BCUT2D eigenvalue weighted by atomic mass is 16.5. The number of carbonyl (C=O) groups excluding carboxylic acids is 1. The Kier molecular flexibility index (Phi) is 8.15. The van der Waals surface area contributed by atoms with Gasteiger partial charge in [0.15, 0.2) is 0 Å². The summed E-state index contributed by atoms with van der Waals surface area (Å²) in [4.78, 5) is 15.5. The van der Waals surface area contributed by atoms with E-state index in [0.717, 1.165) is 23.4 Å². The lowest BCUT2D eigenvalue weighted by molar-refractivity contribution is -0.135. The van der Waals surface area contributed by atoms with E-state index in [1.807, 2.05) is 35.2 Å². The summed E-state index contributed by atoms with van der Waals surface area (Å²) in [5.41, 5.74) is 7.10. The molecule has 1 fully saturated rings. The molecule has 0 spiro atoms. The molecule has 1 unspecified atom stereocenters. The first-order chi connectivity index (χ1) is 20.1. The van der Waals surface area contributed by atoms with Crippen molar-refractivity contribution in [2.45, 2.75) is 32.4 Å². The first kappa shape index (κ1) is 26.9. The van der Waals surface area contributed by atoms with Gasteiger partial charge in [-0.05, 0) is 47.4 Å². The lowest BCUT2D eigenvalue weighted by atomic mass is 9.87. The fourth-order valence-corrected chi connectivity index (χ4v) is 5.63. The molecule has 41 heavy (non-hydrogen) atoms. The molecule has 1 saturated heterocycles. The van der Waals surface area contributed by atoms with Crippen molar-refractivity contribution in [3.63, 3.8) is 0 Å². The lowest BCUT2D eigenvalue weighted by Gasteiger charge is -2.28. The summed E-state index contributed by atoms with van der Waals surface area (Å²) in [5, 5.41) is 1.18. The van der Waals surface area contributed by atoms with E-state index in [9.17, 15) is 4.79 Å². The Morgan fingerprint density at radius 1 is 0.829 bits per heavy atom. The number of carbonyl (C=O) groups is 1. The van der Waals surface area contributed by atoms with Crippen LogP contribution in [0.3, 0.4) is 0 Å². The minimum Gasteiger partial charge on any atom is -0.489 e. The number of nitrogens with zero attached hydrogens (tertiary/aromatic N) is 2. The normalized spacial score (nSPS) is 14.2. The standard InChI is InChI=1S/C36H36N2O3/c1-27-11-13-28(14-12-27)24-38-25-34(32-9-5-6-10-35(32)38)33(23-36(39)37-19-21-40-22-20-37)30-15-17-31(18-16-30)41-26-29-7-3-2-4-8-29/h2-18,25,33H,19-24,26H2,1H3. The number of ether oxygens (including phenoxy) is 2. The molecule has 0 saturated carbocycles. The van der Waals surface area contributed by atoms with Crippen molar-refractivity contribution < 1.29 is 14.3 Å². The van der Waals surface area contributed by atoms with Crippen LogP contribution in [0.15, 0.2) is 109 Å². The van der Waals surface area contributed by atoms with E-state index in [1.54, 1.807) is 0 Å². The van der Waals surface area contributed by atoms with Crippen LogP contribution in [-0.4, -0.2) is 41.7 Å². The molecule has 6 rings (SSSR count). The van der Waals surface area contributed by atoms with Crippen molar-refractivity contribution in [1.29, 1.82) is 0 Å². The van der Waals surface area contributed by atoms with Crippen molar-refractivity contribution >= 4 is 16.8 Å². The Bertz CT molecular complexity index is 1580. The Hall–Kier alpha value is -4.35. The number of para-hydroxylation sites is 1. The van der Waals surface area contributed by atoms with Crippen LogP contribution < -0.4 is 4.74 Å². The molecule has 5 heteroatoms. The average Bonchev–Trinajstić information content (AvgIpc) is 3.39. The van der Waals surface area contributed by atoms with Crippen LogP contribution in [0.5, 0.6) is 5.75 Å². The SMILES string of the molecule is Cc1ccc(Cn2cc(C(CC(=O)N3CCOCC3)c3ccc(OCc4ccccc4)cc3)c3ccccc32)cc1. The number of aryl methyl sites for hydroxylation is 1. The summed E-state index contributed by atoms with van der Waals surface area (Å²) in [6.07, 6.45) is 2.66. The van der Waals surface area contributed by atoms with Crippen LogP contribution in [-0.2, 0) is 22.7 Å². The van der Waals surface area contributed by atoms with E-state index in [-0.39, 0.29) is 11.8 Å². The zero-order valence-corrected chi connectivity index (χ0v) is 23.5. The number of morpholine rings is 1. The highest BCUT2D eigenvalue weighted by Gasteiger charge is 2.26. The number of hydrogen-bond donors (Lipinski definition) is 0. The van der Waals surface area contributed by atoms with E-state index in [0.29, 0.717) is 39.3 Å². The second-order valence-electron chi connectivity index (χ2n) is 10.8. The van der Waals surface area contributed by atoms with Crippen molar-refractivity contribution in [3.8, 4) is 5.75 Å². The van der Waals surface area contributed by atoms with Crippen LogP contribution in [0.4, 0.5) is 0 Å². The van der Waals surface area contributed by atoms with Gasteiger partial charge in [0.2, 0.25) is 5.91 Å². The minimum atomic E-state index is -0.0855. The number of aromatic nitrogens is 1. The van der Waals surface area contributed by atoms with Crippen LogP contribution in [0, 0.1) is 6.92 Å². The fourth-order valence-electron chi connectivity index (χ4n) is 5.63. The molecule has 4 aromatic carbocycles. The number of benzene rings is 4. The minimum absolute atomic E-state index is 0.0855. The van der Waals surface area contributed by atoms with Crippen molar-refractivity contribution in [1.82, 2.24) is 9.47 Å². The molecule has 0 bridgehead atoms. The second kappa shape index (κ2) is 12.4. The molecule has 0 N–H and O–H groups in total. The van der Waals surface area contributed by atoms with Gasteiger partial charge in [-0.15, -0.1) is 0 Å². The third-order valence-electron chi connectivity index (χ3n) is 7.94. The van der Waals surface area contributed by atoms with E-state index < -0.39 is 0 Å². The van der Waals surface area contributed by atoms with Gasteiger partial charge in [0.05, 0.1) is 13.2 Å². The van der Waals surface area contributed by atoms with E-state index >= 15 is 0 Å². The number of fused-ring (bicyclic) bond motifs is 1. The second-order valence-corrected chi connectivity index (χ2v) is 10.8. The van der Waals surface area contributed by atoms with E-state index in [2.05, 4.69) is 90.5 Å². The molecular formula is C36H36N2O3. The predicted octanol–water partition coefficient (Wildman–Crippen LogP) is 6.96. The Morgan fingerprint density at radius 3 is 2.29 bits per heavy atom. The van der Waals surface area contributed by atoms with Gasteiger partial charge in [0.1, 0.15) is 12.4 Å². The zero-order valence-electron chi connectivity index (χ0n) is 23.5. The third-order valence-corrected chi connectivity index (χ3v) is 7.94. The summed E-state index contributed by atoms with van der Waals surface area (Å²) >= 11 is 0. The molecule has 1 atom stereocenters. The summed E-state index contributed by atoms with van der Waals surface area (Å²) in [6.45, 7) is 5.89. The van der Waals surface area contributed by atoms with Gasteiger partial charge in [0, 0.05) is 49.1 Å². The first-order valence-corrected chi connectivity index (χ1v) is 14.4. The summed E-state index contributed by atoms with van der Waals surface area (Å²) < 4.78 is 13.9. The van der Waals surface area contributed by atoms with Gasteiger partial charge in [-0.25, -0.2) is 0 Å². The van der Waals surface area contributed by atoms with Gasteiger partial charge >= 0.3 is 0 Å². The molecule has 5 nitrogen and oxygen atoms in total. The monoisotopic (exact) mass is 544 g/mol. The molecule has 5 aromatic rings. The topological polar surface area (TPSA) is 43.7 Å². The quantitative estimate of drug-likeness (QED) is 0.202. The number of hydrogen-bond acceptors (Lipinski definition) is 3. The maximum absolute atomic E-state index is 13.6. The maximum Gasteiger partial charge on any atom is 0.223 e. The smallest absolute Gasteiger partial charge is 0.223 e. The van der Waals surface area contributed by atoms with Crippen LogP contribution in [0.25, 0.3) is 10.9 Å².